The highest BCUT2D eigenvalue weighted by Crippen LogP contribution is 2.35. The fourth-order valence-electron chi connectivity index (χ4n) is 1.71. The minimum absolute atomic E-state index is 0.00670. The lowest BCUT2D eigenvalue weighted by molar-refractivity contribution is -0.121. The number of carbonyl (C=O) groups is 1. The number of carbonyl (C=O) groups excluding carboxylic acids is 1. The number of benzene rings is 1. The first kappa shape index (κ1) is 12.1. The van der Waals surface area contributed by atoms with E-state index in [0.717, 1.165) is 12.1 Å². The fourth-order valence-corrected chi connectivity index (χ4v) is 1.83. The Balaban J connectivity index is 2.39. The first-order chi connectivity index (χ1) is 8.13. The maximum atomic E-state index is 13.6. The number of anilines is 1. The summed E-state index contributed by atoms with van der Waals surface area (Å²) in [4.78, 5) is 12.8. The van der Waals surface area contributed by atoms with Crippen LogP contribution in [-0.4, -0.2) is 24.9 Å². The van der Waals surface area contributed by atoms with E-state index >= 15 is 0 Å². The van der Waals surface area contributed by atoms with Gasteiger partial charge in [-0.1, -0.05) is 0 Å². The molecule has 2 rings (SSSR count). The number of fused-ring (bicyclic) bond motifs is 1. The van der Waals surface area contributed by atoms with Crippen molar-refractivity contribution in [3.63, 3.8) is 0 Å². The van der Waals surface area contributed by atoms with E-state index in [0.29, 0.717) is 18.8 Å². The molecule has 1 aromatic rings. The molecule has 0 radical (unpaired) electrons. The maximum Gasteiger partial charge on any atom is 0.265 e. The predicted molar refractivity (Wildman–Crippen MR) is 59.5 cm³/mol. The zero-order valence-corrected chi connectivity index (χ0v) is 9.64. The molecule has 1 aromatic carbocycles. The molecule has 0 bridgehead atoms. The summed E-state index contributed by atoms with van der Waals surface area (Å²) in [5.74, 6) is -1.47. The summed E-state index contributed by atoms with van der Waals surface area (Å²) in [5, 5.41) is 0. The van der Waals surface area contributed by atoms with Crippen molar-refractivity contribution in [2.45, 2.75) is 6.42 Å². The van der Waals surface area contributed by atoms with Crippen LogP contribution < -0.4 is 9.64 Å². The Labute approximate surface area is 102 Å². The van der Waals surface area contributed by atoms with Crippen LogP contribution in [-0.2, 0) is 4.79 Å². The SMILES string of the molecule is O=C1COc2cc(F)cc(F)c2N1CCCCl. The van der Waals surface area contributed by atoms with Crippen LogP contribution in [0.25, 0.3) is 0 Å². The van der Waals surface area contributed by atoms with Crippen molar-refractivity contribution in [2.75, 3.05) is 23.9 Å². The van der Waals surface area contributed by atoms with Crippen LogP contribution in [0.4, 0.5) is 14.5 Å². The molecule has 0 fully saturated rings. The van der Waals surface area contributed by atoms with E-state index in [4.69, 9.17) is 16.3 Å². The molecule has 1 heterocycles. The summed E-state index contributed by atoms with van der Waals surface area (Å²) in [6.45, 7) is 0.0828. The number of amides is 1. The number of ether oxygens (including phenoxy) is 1. The molecule has 0 N–H and O–H groups in total. The Hall–Kier alpha value is -1.36. The highest BCUT2D eigenvalue weighted by atomic mass is 35.5. The van der Waals surface area contributed by atoms with Gasteiger partial charge >= 0.3 is 0 Å². The van der Waals surface area contributed by atoms with Crippen molar-refractivity contribution in [3.8, 4) is 5.75 Å². The molecule has 3 nitrogen and oxygen atoms in total. The molecular formula is C11H10ClF2NO2. The highest BCUT2D eigenvalue weighted by molar-refractivity contribution is 6.17. The Morgan fingerprint density at radius 3 is 2.88 bits per heavy atom. The molecule has 0 aliphatic carbocycles. The van der Waals surface area contributed by atoms with Gasteiger partial charge in [0, 0.05) is 24.6 Å². The van der Waals surface area contributed by atoms with Crippen LogP contribution in [0.3, 0.4) is 0 Å². The molecule has 6 heteroatoms. The highest BCUT2D eigenvalue weighted by Gasteiger charge is 2.28. The van der Waals surface area contributed by atoms with Crippen molar-refractivity contribution in [1.29, 1.82) is 0 Å². The smallest absolute Gasteiger partial charge is 0.265 e. The van der Waals surface area contributed by atoms with E-state index < -0.39 is 11.6 Å². The third kappa shape index (κ3) is 2.34. The van der Waals surface area contributed by atoms with E-state index in [1.54, 1.807) is 0 Å². The molecule has 0 saturated heterocycles. The largest absolute Gasteiger partial charge is 0.481 e. The van der Waals surface area contributed by atoms with Gasteiger partial charge in [-0.3, -0.25) is 4.79 Å². The molecule has 1 aliphatic rings. The standard InChI is InChI=1S/C11H10ClF2NO2/c12-2-1-3-15-10(16)6-17-9-5-7(13)4-8(14)11(9)15/h4-5H,1-3,6H2. The number of halogens is 3. The van der Waals surface area contributed by atoms with Crippen LogP contribution >= 0.6 is 11.6 Å². The Morgan fingerprint density at radius 2 is 2.18 bits per heavy atom. The number of hydrogen-bond donors (Lipinski definition) is 0. The number of rotatable bonds is 3. The Kier molecular flexibility index (Phi) is 3.47. The summed E-state index contributed by atoms with van der Waals surface area (Å²) >= 11 is 5.54. The third-order valence-corrected chi connectivity index (χ3v) is 2.70. The Morgan fingerprint density at radius 1 is 1.41 bits per heavy atom. The van der Waals surface area contributed by atoms with Crippen molar-refractivity contribution in [2.24, 2.45) is 0 Å². The second-order valence-corrected chi connectivity index (χ2v) is 3.99. The molecule has 0 unspecified atom stereocenters. The molecular weight excluding hydrogens is 252 g/mol. The summed E-state index contributed by atoms with van der Waals surface area (Å²) in [7, 11) is 0. The third-order valence-electron chi connectivity index (χ3n) is 2.43. The average molecular weight is 262 g/mol. The molecule has 1 aliphatic heterocycles. The molecule has 0 spiro atoms. The van der Waals surface area contributed by atoms with E-state index in [1.807, 2.05) is 0 Å². The minimum atomic E-state index is -0.803. The van der Waals surface area contributed by atoms with Crippen molar-refractivity contribution in [1.82, 2.24) is 0 Å². The van der Waals surface area contributed by atoms with E-state index in [2.05, 4.69) is 0 Å². The first-order valence-electron chi connectivity index (χ1n) is 5.11. The van der Waals surface area contributed by atoms with Crippen LogP contribution in [0.2, 0.25) is 0 Å². The lowest BCUT2D eigenvalue weighted by Gasteiger charge is -2.29. The fraction of sp³-hybridized carbons (Fsp3) is 0.364. The second-order valence-electron chi connectivity index (χ2n) is 3.61. The minimum Gasteiger partial charge on any atom is -0.481 e. The lowest BCUT2D eigenvalue weighted by atomic mass is 10.2. The van der Waals surface area contributed by atoms with Gasteiger partial charge in [0.15, 0.2) is 12.4 Å². The van der Waals surface area contributed by atoms with Gasteiger partial charge in [0.05, 0.1) is 0 Å². The van der Waals surface area contributed by atoms with Gasteiger partial charge in [0.2, 0.25) is 0 Å². The van der Waals surface area contributed by atoms with Gasteiger partial charge in [0.25, 0.3) is 5.91 Å². The number of alkyl halides is 1. The summed E-state index contributed by atoms with van der Waals surface area (Å²) in [5.41, 5.74) is -0.00670. The first-order valence-corrected chi connectivity index (χ1v) is 5.65. The van der Waals surface area contributed by atoms with Gasteiger partial charge in [0.1, 0.15) is 17.3 Å². The van der Waals surface area contributed by atoms with Crippen molar-refractivity contribution in [3.05, 3.63) is 23.8 Å². The number of hydrogen-bond acceptors (Lipinski definition) is 2. The molecule has 1 amide bonds. The lowest BCUT2D eigenvalue weighted by Crippen LogP contribution is -2.40. The summed E-state index contributed by atoms with van der Waals surface area (Å²) in [6.07, 6.45) is 0.531. The molecule has 0 aromatic heterocycles. The van der Waals surface area contributed by atoms with Gasteiger partial charge in [-0.25, -0.2) is 8.78 Å². The predicted octanol–water partition coefficient (Wildman–Crippen LogP) is 2.32. The topological polar surface area (TPSA) is 29.5 Å². The molecule has 92 valence electrons. The van der Waals surface area contributed by atoms with Gasteiger partial charge in [-0.2, -0.15) is 0 Å². The Bertz CT molecular complexity index is 453. The van der Waals surface area contributed by atoms with E-state index in [1.165, 1.54) is 4.90 Å². The summed E-state index contributed by atoms with van der Waals surface area (Å²) < 4.78 is 31.6. The zero-order chi connectivity index (χ0) is 12.4. The van der Waals surface area contributed by atoms with E-state index in [9.17, 15) is 13.6 Å². The van der Waals surface area contributed by atoms with Crippen LogP contribution in [0.5, 0.6) is 5.75 Å². The van der Waals surface area contributed by atoms with Crippen molar-refractivity contribution < 1.29 is 18.3 Å². The summed E-state index contributed by atoms with van der Waals surface area (Å²) in [6, 6.07) is 1.80. The quantitative estimate of drug-likeness (QED) is 0.782. The molecule has 17 heavy (non-hydrogen) atoms. The molecule has 0 saturated carbocycles. The van der Waals surface area contributed by atoms with Gasteiger partial charge in [-0.05, 0) is 6.42 Å². The van der Waals surface area contributed by atoms with Gasteiger partial charge in [-0.15, -0.1) is 11.6 Å². The normalized spacial score (nSPS) is 14.5. The van der Waals surface area contributed by atoms with Gasteiger partial charge < -0.3 is 9.64 Å². The van der Waals surface area contributed by atoms with Crippen LogP contribution in [0, 0.1) is 11.6 Å². The second kappa shape index (κ2) is 4.87. The van der Waals surface area contributed by atoms with E-state index in [-0.39, 0.29) is 24.0 Å². The van der Waals surface area contributed by atoms with Crippen LogP contribution in [0.15, 0.2) is 12.1 Å². The van der Waals surface area contributed by atoms with Crippen molar-refractivity contribution >= 4 is 23.2 Å². The van der Waals surface area contributed by atoms with Crippen LogP contribution in [0.1, 0.15) is 6.42 Å². The average Bonchev–Trinajstić information content (AvgIpc) is 2.28. The monoisotopic (exact) mass is 261 g/mol. The molecule has 0 atom stereocenters. The maximum absolute atomic E-state index is 13.6. The number of nitrogens with zero attached hydrogens (tertiary/aromatic N) is 1. The zero-order valence-electron chi connectivity index (χ0n) is 8.88.